The summed E-state index contributed by atoms with van der Waals surface area (Å²) in [6, 6.07) is 3.62. The molecule has 1 aromatic carbocycles. The average Bonchev–Trinajstić information content (AvgIpc) is 2.82. The molecule has 1 saturated carbocycles. The number of carbonyl (C=O) groups is 1. The van der Waals surface area contributed by atoms with E-state index in [0.717, 1.165) is 37.7 Å². The first-order chi connectivity index (χ1) is 11.1. The van der Waals surface area contributed by atoms with Crippen molar-refractivity contribution in [2.45, 2.75) is 57.0 Å². The number of likely N-dealkylation sites (tertiary alicyclic amines) is 1. The highest BCUT2D eigenvalue weighted by molar-refractivity contribution is 5.94. The Kier molecular flexibility index (Phi) is 5.26. The molecule has 0 bridgehead atoms. The maximum Gasteiger partial charge on any atom is 0.254 e. The fourth-order valence-electron chi connectivity index (χ4n) is 3.79. The minimum Gasteiger partial charge on any atom is -0.348 e. The largest absolute Gasteiger partial charge is 0.348 e. The lowest BCUT2D eigenvalue weighted by atomic mass is 10.1. The molecule has 5 heteroatoms. The van der Waals surface area contributed by atoms with Gasteiger partial charge in [0.25, 0.3) is 5.91 Å². The highest BCUT2D eigenvalue weighted by Crippen LogP contribution is 2.25. The van der Waals surface area contributed by atoms with Gasteiger partial charge in [0, 0.05) is 25.2 Å². The summed E-state index contributed by atoms with van der Waals surface area (Å²) in [5, 5.41) is 2.86. The Bertz CT molecular complexity index is 556. The number of benzene rings is 1. The van der Waals surface area contributed by atoms with Gasteiger partial charge in [-0.15, -0.1) is 0 Å². The van der Waals surface area contributed by atoms with Gasteiger partial charge in [-0.05, 0) is 37.5 Å². The normalized spacial score (nSPS) is 23.7. The molecule has 2 aliphatic rings. The van der Waals surface area contributed by atoms with E-state index in [4.69, 9.17) is 0 Å². The summed E-state index contributed by atoms with van der Waals surface area (Å²) in [5.74, 6) is -1.79. The molecular weight excluding hydrogens is 298 g/mol. The summed E-state index contributed by atoms with van der Waals surface area (Å²) >= 11 is 0. The number of hydrogen-bond acceptors (Lipinski definition) is 2. The molecule has 0 aromatic heterocycles. The minimum atomic E-state index is -0.678. The summed E-state index contributed by atoms with van der Waals surface area (Å²) < 4.78 is 26.9. The van der Waals surface area contributed by atoms with Crippen molar-refractivity contribution in [1.82, 2.24) is 10.2 Å². The highest BCUT2D eigenvalue weighted by Gasteiger charge is 2.30. The second-order valence-electron chi connectivity index (χ2n) is 6.72. The number of carbonyl (C=O) groups excluding carboxylic acids is 1. The Morgan fingerprint density at radius 3 is 2.57 bits per heavy atom. The van der Waals surface area contributed by atoms with E-state index < -0.39 is 17.5 Å². The standard InChI is InChI=1S/C18H24F2N2O/c19-13-7-8-17(20)16(11-13)18(23)21-14-9-10-22(12-14)15-5-3-1-2-4-6-15/h7-8,11,14-15H,1-6,9-10,12H2,(H,21,23). The van der Waals surface area contributed by atoms with E-state index in [1.54, 1.807) is 0 Å². The van der Waals surface area contributed by atoms with Crippen molar-refractivity contribution >= 4 is 5.91 Å². The second kappa shape index (κ2) is 7.39. The third-order valence-corrected chi connectivity index (χ3v) is 5.07. The zero-order valence-electron chi connectivity index (χ0n) is 13.4. The molecule has 23 heavy (non-hydrogen) atoms. The van der Waals surface area contributed by atoms with Gasteiger partial charge in [0.2, 0.25) is 0 Å². The van der Waals surface area contributed by atoms with Gasteiger partial charge in [0.05, 0.1) is 5.56 Å². The van der Waals surface area contributed by atoms with Crippen LogP contribution in [0.4, 0.5) is 8.78 Å². The molecule has 1 aliphatic carbocycles. The second-order valence-corrected chi connectivity index (χ2v) is 6.72. The predicted octanol–water partition coefficient (Wildman–Crippen LogP) is 3.49. The zero-order valence-corrected chi connectivity index (χ0v) is 13.4. The average molecular weight is 322 g/mol. The van der Waals surface area contributed by atoms with Crippen LogP contribution in [0.15, 0.2) is 18.2 Å². The van der Waals surface area contributed by atoms with Gasteiger partial charge >= 0.3 is 0 Å². The number of rotatable bonds is 3. The maximum atomic E-state index is 13.7. The Morgan fingerprint density at radius 2 is 1.83 bits per heavy atom. The van der Waals surface area contributed by atoms with Gasteiger partial charge in [-0.1, -0.05) is 25.7 Å². The van der Waals surface area contributed by atoms with Gasteiger partial charge in [0.15, 0.2) is 0 Å². The molecule has 1 aliphatic heterocycles. The molecule has 1 amide bonds. The van der Waals surface area contributed by atoms with Gasteiger partial charge in [-0.25, -0.2) is 8.78 Å². The smallest absolute Gasteiger partial charge is 0.254 e. The molecule has 1 unspecified atom stereocenters. The van der Waals surface area contributed by atoms with Crippen LogP contribution in [0.3, 0.4) is 0 Å². The maximum absolute atomic E-state index is 13.7. The number of hydrogen-bond donors (Lipinski definition) is 1. The third kappa shape index (κ3) is 4.08. The Morgan fingerprint density at radius 1 is 1.09 bits per heavy atom. The predicted molar refractivity (Wildman–Crippen MR) is 85.3 cm³/mol. The molecule has 126 valence electrons. The summed E-state index contributed by atoms with van der Waals surface area (Å²) in [6.07, 6.45) is 8.56. The van der Waals surface area contributed by atoms with Gasteiger partial charge in [-0.3, -0.25) is 9.69 Å². The SMILES string of the molecule is O=C(NC1CCN(C2CCCCCC2)C1)c1cc(F)ccc1F. The molecule has 3 rings (SSSR count). The van der Waals surface area contributed by atoms with E-state index in [1.165, 1.54) is 38.5 Å². The molecule has 2 fully saturated rings. The van der Waals surface area contributed by atoms with E-state index >= 15 is 0 Å². The van der Waals surface area contributed by atoms with Crippen LogP contribution < -0.4 is 5.32 Å². The van der Waals surface area contributed by atoms with Gasteiger partial charge in [0.1, 0.15) is 11.6 Å². The van der Waals surface area contributed by atoms with Crippen molar-refractivity contribution in [2.24, 2.45) is 0 Å². The Labute approximate surface area is 136 Å². The molecule has 0 spiro atoms. The van der Waals surface area contributed by atoms with E-state index in [1.807, 2.05) is 0 Å². The van der Waals surface area contributed by atoms with Crippen LogP contribution in [0.5, 0.6) is 0 Å². The molecule has 1 aromatic rings. The van der Waals surface area contributed by atoms with Crippen molar-refractivity contribution in [3.05, 3.63) is 35.4 Å². The lowest BCUT2D eigenvalue weighted by molar-refractivity contribution is 0.0931. The van der Waals surface area contributed by atoms with Crippen LogP contribution in [0.1, 0.15) is 55.3 Å². The summed E-state index contributed by atoms with van der Waals surface area (Å²) in [4.78, 5) is 14.6. The molecular formula is C18H24F2N2O. The van der Waals surface area contributed by atoms with Crippen molar-refractivity contribution in [2.75, 3.05) is 13.1 Å². The first-order valence-electron chi connectivity index (χ1n) is 8.63. The van der Waals surface area contributed by atoms with E-state index in [-0.39, 0.29) is 11.6 Å². The molecule has 3 nitrogen and oxygen atoms in total. The number of nitrogens with one attached hydrogen (secondary N) is 1. The number of halogens is 2. The van der Waals surface area contributed by atoms with E-state index in [0.29, 0.717) is 6.04 Å². The van der Waals surface area contributed by atoms with E-state index in [9.17, 15) is 13.6 Å². The Hall–Kier alpha value is -1.49. The molecule has 1 saturated heterocycles. The van der Waals surface area contributed by atoms with Gasteiger partial charge < -0.3 is 5.32 Å². The molecule has 0 radical (unpaired) electrons. The summed E-state index contributed by atoms with van der Waals surface area (Å²) in [7, 11) is 0. The number of amides is 1. The molecule has 1 N–H and O–H groups in total. The van der Waals surface area contributed by atoms with Crippen molar-refractivity contribution < 1.29 is 13.6 Å². The summed E-state index contributed by atoms with van der Waals surface area (Å²) in [6.45, 7) is 1.79. The Balaban J connectivity index is 1.57. The van der Waals surface area contributed by atoms with Crippen molar-refractivity contribution in [1.29, 1.82) is 0 Å². The van der Waals surface area contributed by atoms with Crippen LogP contribution in [0, 0.1) is 11.6 Å². The van der Waals surface area contributed by atoms with Crippen molar-refractivity contribution in [3.63, 3.8) is 0 Å². The first kappa shape index (κ1) is 16.4. The quantitative estimate of drug-likeness (QED) is 0.864. The zero-order chi connectivity index (χ0) is 16.2. The fraction of sp³-hybridized carbons (Fsp3) is 0.611. The van der Waals surface area contributed by atoms with Gasteiger partial charge in [-0.2, -0.15) is 0 Å². The lowest BCUT2D eigenvalue weighted by Gasteiger charge is -2.26. The van der Waals surface area contributed by atoms with Crippen LogP contribution in [-0.4, -0.2) is 36.0 Å². The van der Waals surface area contributed by atoms with Crippen LogP contribution in [-0.2, 0) is 0 Å². The lowest BCUT2D eigenvalue weighted by Crippen LogP contribution is -2.40. The van der Waals surface area contributed by atoms with Crippen molar-refractivity contribution in [3.8, 4) is 0 Å². The van der Waals surface area contributed by atoms with E-state index in [2.05, 4.69) is 10.2 Å². The topological polar surface area (TPSA) is 32.3 Å². The third-order valence-electron chi connectivity index (χ3n) is 5.07. The van der Waals surface area contributed by atoms with Crippen LogP contribution in [0.25, 0.3) is 0 Å². The minimum absolute atomic E-state index is 0.0217. The number of nitrogens with zero attached hydrogens (tertiary/aromatic N) is 1. The molecule has 1 heterocycles. The van der Waals surface area contributed by atoms with Crippen LogP contribution >= 0.6 is 0 Å². The first-order valence-corrected chi connectivity index (χ1v) is 8.63. The highest BCUT2D eigenvalue weighted by atomic mass is 19.1. The van der Waals surface area contributed by atoms with Crippen LogP contribution in [0.2, 0.25) is 0 Å². The fourth-order valence-corrected chi connectivity index (χ4v) is 3.79. The summed E-state index contributed by atoms with van der Waals surface area (Å²) in [5.41, 5.74) is -0.210. The monoisotopic (exact) mass is 322 g/mol. The molecule has 1 atom stereocenters.